The van der Waals surface area contributed by atoms with Crippen molar-refractivity contribution >= 4 is 5.97 Å². The summed E-state index contributed by atoms with van der Waals surface area (Å²) in [5.74, 6) is 0.551. The van der Waals surface area contributed by atoms with Gasteiger partial charge in [-0.15, -0.1) is 0 Å². The molecule has 1 fully saturated rings. The minimum atomic E-state index is -0.0774. The smallest absolute Gasteiger partial charge is 0.320 e. The van der Waals surface area contributed by atoms with Crippen LogP contribution < -0.4 is 5.32 Å². The summed E-state index contributed by atoms with van der Waals surface area (Å²) in [4.78, 5) is 13.9. The molecule has 1 aliphatic rings. The first kappa shape index (κ1) is 17.4. The van der Waals surface area contributed by atoms with Gasteiger partial charge in [0.1, 0.15) is 0 Å². The van der Waals surface area contributed by atoms with Crippen molar-refractivity contribution in [3.8, 4) is 0 Å². The second-order valence-electron chi connectivity index (χ2n) is 5.51. The van der Waals surface area contributed by atoms with E-state index in [9.17, 15) is 4.79 Å². The molecule has 0 aromatic rings. The predicted octanol–water partition coefficient (Wildman–Crippen LogP) is 1.28. The number of carbonyl (C=O) groups is 1. The minimum absolute atomic E-state index is 0.0774. The zero-order chi connectivity index (χ0) is 14.6. The van der Waals surface area contributed by atoms with E-state index in [0.29, 0.717) is 19.1 Å². The molecular weight excluding hydrogens is 256 g/mol. The first-order valence-electron chi connectivity index (χ1n) is 7.84. The van der Waals surface area contributed by atoms with Gasteiger partial charge < -0.3 is 14.8 Å². The van der Waals surface area contributed by atoms with Crippen molar-refractivity contribution in [1.82, 2.24) is 10.2 Å². The highest BCUT2D eigenvalue weighted by molar-refractivity contribution is 5.71. The van der Waals surface area contributed by atoms with E-state index in [0.717, 1.165) is 45.6 Å². The molecule has 5 heteroatoms. The molecule has 118 valence electrons. The highest BCUT2D eigenvalue weighted by atomic mass is 16.5. The number of unbranched alkanes of at least 4 members (excludes halogenated alkanes) is 1. The Morgan fingerprint density at radius 1 is 1.40 bits per heavy atom. The third-order valence-electron chi connectivity index (χ3n) is 3.63. The van der Waals surface area contributed by atoms with Gasteiger partial charge in [-0.2, -0.15) is 0 Å². The number of methoxy groups -OCH3 is 1. The van der Waals surface area contributed by atoms with Crippen LogP contribution in [0.3, 0.4) is 0 Å². The normalized spacial score (nSPS) is 20.0. The first-order chi connectivity index (χ1) is 9.76. The third kappa shape index (κ3) is 7.82. The number of likely N-dealkylation sites (tertiary alicyclic amines) is 1. The molecule has 0 aliphatic carbocycles. The second-order valence-corrected chi connectivity index (χ2v) is 5.51. The molecule has 0 radical (unpaired) electrons. The summed E-state index contributed by atoms with van der Waals surface area (Å²) >= 11 is 0. The quantitative estimate of drug-likeness (QED) is 0.484. The van der Waals surface area contributed by atoms with Crippen molar-refractivity contribution in [3.05, 3.63) is 0 Å². The summed E-state index contributed by atoms with van der Waals surface area (Å²) in [5, 5.41) is 3.40. The van der Waals surface area contributed by atoms with Crippen LogP contribution in [0.15, 0.2) is 0 Å². The van der Waals surface area contributed by atoms with Crippen molar-refractivity contribution in [1.29, 1.82) is 0 Å². The van der Waals surface area contributed by atoms with E-state index >= 15 is 0 Å². The molecule has 1 rings (SSSR count). The largest absolute Gasteiger partial charge is 0.465 e. The van der Waals surface area contributed by atoms with Gasteiger partial charge in [-0.25, -0.2) is 0 Å². The molecule has 1 heterocycles. The third-order valence-corrected chi connectivity index (χ3v) is 3.63. The monoisotopic (exact) mass is 286 g/mol. The van der Waals surface area contributed by atoms with Crippen LogP contribution in [0.25, 0.3) is 0 Å². The molecular formula is C15H30N2O3. The average Bonchev–Trinajstić information content (AvgIpc) is 2.44. The van der Waals surface area contributed by atoms with Crippen molar-refractivity contribution < 1.29 is 14.3 Å². The molecule has 1 aliphatic heterocycles. The fourth-order valence-corrected chi connectivity index (χ4v) is 2.50. The summed E-state index contributed by atoms with van der Waals surface area (Å²) in [5.41, 5.74) is 0. The molecule has 0 amide bonds. The Bertz CT molecular complexity index is 262. The lowest BCUT2D eigenvalue weighted by atomic mass is 9.98. The zero-order valence-corrected chi connectivity index (χ0v) is 13.0. The summed E-state index contributed by atoms with van der Waals surface area (Å²) in [6.45, 7) is 7.75. The maximum absolute atomic E-state index is 11.7. The molecule has 5 nitrogen and oxygen atoms in total. The SMILES string of the molecule is CCCCOC(=O)CN1CCCC(CNCCOC)C1. The summed E-state index contributed by atoms with van der Waals surface area (Å²) in [6, 6.07) is 0. The Balaban J connectivity index is 2.14. The van der Waals surface area contributed by atoms with Gasteiger partial charge in [0, 0.05) is 20.2 Å². The number of ether oxygens (including phenoxy) is 2. The molecule has 0 aromatic heterocycles. The van der Waals surface area contributed by atoms with Gasteiger partial charge in [0.2, 0.25) is 0 Å². The van der Waals surface area contributed by atoms with Crippen molar-refractivity contribution in [2.24, 2.45) is 5.92 Å². The second kappa shape index (κ2) is 11.1. The number of rotatable bonds is 10. The zero-order valence-electron chi connectivity index (χ0n) is 13.0. The van der Waals surface area contributed by atoms with Crippen molar-refractivity contribution in [2.45, 2.75) is 32.6 Å². The summed E-state index contributed by atoms with van der Waals surface area (Å²) in [6.07, 6.45) is 4.42. The van der Waals surface area contributed by atoms with E-state index in [2.05, 4.69) is 17.1 Å². The Kier molecular flexibility index (Phi) is 9.62. The van der Waals surface area contributed by atoms with Crippen LogP contribution in [0.4, 0.5) is 0 Å². The fraction of sp³-hybridized carbons (Fsp3) is 0.933. The lowest BCUT2D eigenvalue weighted by molar-refractivity contribution is -0.145. The summed E-state index contributed by atoms with van der Waals surface area (Å²) in [7, 11) is 1.72. The first-order valence-corrected chi connectivity index (χ1v) is 7.84. The molecule has 1 saturated heterocycles. The maximum Gasteiger partial charge on any atom is 0.320 e. The highest BCUT2D eigenvalue weighted by Gasteiger charge is 2.21. The Morgan fingerprint density at radius 2 is 2.25 bits per heavy atom. The number of carbonyl (C=O) groups excluding carboxylic acids is 1. The van der Waals surface area contributed by atoms with E-state index in [1.807, 2.05) is 0 Å². The molecule has 1 atom stereocenters. The number of piperidine rings is 1. The van der Waals surface area contributed by atoms with E-state index in [1.165, 1.54) is 12.8 Å². The number of esters is 1. The predicted molar refractivity (Wildman–Crippen MR) is 79.8 cm³/mol. The molecule has 0 saturated carbocycles. The van der Waals surface area contributed by atoms with Gasteiger partial charge in [0.05, 0.1) is 19.8 Å². The molecule has 20 heavy (non-hydrogen) atoms. The maximum atomic E-state index is 11.7. The summed E-state index contributed by atoms with van der Waals surface area (Å²) < 4.78 is 10.2. The molecule has 0 spiro atoms. The fourth-order valence-electron chi connectivity index (χ4n) is 2.50. The molecule has 0 bridgehead atoms. The van der Waals surface area contributed by atoms with Crippen LogP contribution in [0.2, 0.25) is 0 Å². The minimum Gasteiger partial charge on any atom is -0.465 e. The standard InChI is InChI=1S/C15H30N2O3/c1-3-4-9-20-15(18)13-17-8-5-6-14(12-17)11-16-7-10-19-2/h14,16H,3-13H2,1-2H3. The van der Waals surface area contributed by atoms with Gasteiger partial charge >= 0.3 is 5.97 Å². The van der Waals surface area contributed by atoms with Gasteiger partial charge in [-0.05, 0) is 38.3 Å². The van der Waals surface area contributed by atoms with Gasteiger partial charge in [0.15, 0.2) is 0 Å². The van der Waals surface area contributed by atoms with E-state index in [1.54, 1.807) is 7.11 Å². The lowest BCUT2D eigenvalue weighted by Crippen LogP contribution is -2.42. The Hall–Kier alpha value is -0.650. The lowest BCUT2D eigenvalue weighted by Gasteiger charge is -2.32. The Morgan fingerprint density at radius 3 is 3.00 bits per heavy atom. The topological polar surface area (TPSA) is 50.8 Å². The number of nitrogens with one attached hydrogen (secondary N) is 1. The molecule has 0 aromatic carbocycles. The Labute approximate surface area is 123 Å². The van der Waals surface area contributed by atoms with E-state index in [-0.39, 0.29) is 5.97 Å². The van der Waals surface area contributed by atoms with Gasteiger partial charge in [0.25, 0.3) is 0 Å². The van der Waals surface area contributed by atoms with Crippen LogP contribution in [0, 0.1) is 5.92 Å². The van der Waals surface area contributed by atoms with Crippen LogP contribution in [-0.2, 0) is 14.3 Å². The average molecular weight is 286 g/mol. The van der Waals surface area contributed by atoms with Crippen molar-refractivity contribution in [2.75, 3.05) is 53.0 Å². The van der Waals surface area contributed by atoms with E-state index in [4.69, 9.17) is 9.47 Å². The molecule has 1 unspecified atom stereocenters. The van der Waals surface area contributed by atoms with Crippen LogP contribution in [-0.4, -0.2) is 63.9 Å². The van der Waals surface area contributed by atoms with Crippen LogP contribution in [0.5, 0.6) is 0 Å². The van der Waals surface area contributed by atoms with E-state index < -0.39 is 0 Å². The van der Waals surface area contributed by atoms with Crippen molar-refractivity contribution in [3.63, 3.8) is 0 Å². The number of hydrogen-bond acceptors (Lipinski definition) is 5. The molecule has 1 N–H and O–H groups in total. The van der Waals surface area contributed by atoms with Crippen LogP contribution >= 0.6 is 0 Å². The van der Waals surface area contributed by atoms with Gasteiger partial charge in [-0.1, -0.05) is 13.3 Å². The number of hydrogen-bond donors (Lipinski definition) is 1. The highest BCUT2D eigenvalue weighted by Crippen LogP contribution is 2.15. The number of nitrogens with zero attached hydrogens (tertiary/aromatic N) is 1. The van der Waals surface area contributed by atoms with Crippen LogP contribution in [0.1, 0.15) is 32.6 Å². The van der Waals surface area contributed by atoms with Gasteiger partial charge in [-0.3, -0.25) is 9.69 Å².